The topological polar surface area (TPSA) is 66.6 Å². The summed E-state index contributed by atoms with van der Waals surface area (Å²) < 4.78 is 28.2. The summed E-state index contributed by atoms with van der Waals surface area (Å²) in [5.41, 5.74) is 5.58. The quantitative estimate of drug-likeness (QED) is 0.749. The number of thiocarbonyl (C=S) groups is 1. The van der Waals surface area contributed by atoms with E-state index in [1.54, 1.807) is 4.31 Å². The maximum absolute atomic E-state index is 12.5. The molecule has 1 aliphatic rings. The van der Waals surface area contributed by atoms with E-state index in [0.717, 1.165) is 12.8 Å². The Bertz CT molecular complexity index is 403. The highest BCUT2D eigenvalue weighted by Crippen LogP contribution is 2.21. The van der Waals surface area contributed by atoms with E-state index in [2.05, 4.69) is 6.92 Å². The highest BCUT2D eigenvalue weighted by atomic mass is 32.2. The van der Waals surface area contributed by atoms with Gasteiger partial charge in [0.1, 0.15) is 0 Å². The third-order valence-electron chi connectivity index (χ3n) is 3.71. The Hall–Kier alpha value is -0.240. The van der Waals surface area contributed by atoms with E-state index >= 15 is 0 Å². The Kier molecular flexibility index (Phi) is 6.16. The molecular formula is C12H25N3O2S2. The second-order valence-electron chi connectivity index (χ2n) is 5.34. The molecule has 2 N–H and O–H groups in total. The van der Waals surface area contributed by atoms with E-state index < -0.39 is 10.2 Å². The first-order valence-corrected chi connectivity index (χ1v) is 8.64. The van der Waals surface area contributed by atoms with E-state index in [0.29, 0.717) is 37.1 Å². The van der Waals surface area contributed by atoms with Crippen LogP contribution in [0.5, 0.6) is 0 Å². The first-order valence-electron chi connectivity index (χ1n) is 6.83. The highest BCUT2D eigenvalue weighted by molar-refractivity contribution is 7.86. The molecule has 112 valence electrons. The van der Waals surface area contributed by atoms with Crippen LogP contribution in [0.2, 0.25) is 0 Å². The van der Waals surface area contributed by atoms with Crippen LogP contribution in [-0.4, -0.2) is 48.2 Å². The molecule has 7 heteroatoms. The summed E-state index contributed by atoms with van der Waals surface area (Å²) in [6, 6.07) is 0. The van der Waals surface area contributed by atoms with Gasteiger partial charge in [-0.25, -0.2) is 0 Å². The predicted octanol–water partition coefficient (Wildman–Crippen LogP) is 1.21. The number of rotatable bonds is 6. The van der Waals surface area contributed by atoms with Crippen molar-refractivity contribution in [3.63, 3.8) is 0 Å². The van der Waals surface area contributed by atoms with Gasteiger partial charge in [-0.2, -0.15) is 17.0 Å². The lowest BCUT2D eigenvalue weighted by Crippen LogP contribution is -2.48. The molecule has 0 bridgehead atoms. The molecule has 1 aliphatic heterocycles. The first kappa shape index (κ1) is 16.8. The molecule has 0 amide bonds. The summed E-state index contributed by atoms with van der Waals surface area (Å²) in [5, 5.41) is 0. The van der Waals surface area contributed by atoms with Gasteiger partial charge in [0.2, 0.25) is 0 Å². The third kappa shape index (κ3) is 4.37. The van der Waals surface area contributed by atoms with Crippen molar-refractivity contribution in [3.05, 3.63) is 0 Å². The summed E-state index contributed by atoms with van der Waals surface area (Å²) in [6.45, 7) is 7.90. The van der Waals surface area contributed by atoms with E-state index in [1.165, 1.54) is 4.31 Å². The van der Waals surface area contributed by atoms with E-state index in [4.69, 9.17) is 18.0 Å². The second kappa shape index (κ2) is 6.97. The SMILES string of the molecule is CCN(CC(C)C(N)=S)S(=O)(=O)N1CCC(C)CC1. The standard InChI is InChI=1S/C12H25N3O2S2/c1-4-14(9-11(3)12(13)18)19(16,17)15-7-5-10(2)6-8-15/h10-11H,4-9H2,1-3H3,(H2,13,18). The monoisotopic (exact) mass is 307 g/mol. The van der Waals surface area contributed by atoms with Crippen LogP contribution < -0.4 is 5.73 Å². The molecule has 19 heavy (non-hydrogen) atoms. The summed E-state index contributed by atoms with van der Waals surface area (Å²) >= 11 is 4.92. The van der Waals surface area contributed by atoms with E-state index in [9.17, 15) is 8.42 Å². The lowest BCUT2D eigenvalue weighted by molar-refractivity contribution is 0.263. The van der Waals surface area contributed by atoms with Gasteiger partial charge < -0.3 is 5.73 Å². The molecule has 1 heterocycles. The molecule has 1 rings (SSSR count). The van der Waals surface area contributed by atoms with Crippen molar-refractivity contribution >= 4 is 27.4 Å². The van der Waals surface area contributed by atoms with Crippen LogP contribution in [0.25, 0.3) is 0 Å². The van der Waals surface area contributed by atoms with Crippen molar-refractivity contribution in [1.29, 1.82) is 0 Å². The van der Waals surface area contributed by atoms with Gasteiger partial charge in [0.25, 0.3) is 10.2 Å². The van der Waals surface area contributed by atoms with Gasteiger partial charge in [-0.1, -0.05) is 33.0 Å². The molecule has 0 aromatic heterocycles. The lowest BCUT2D eigenvalue weighted by Gasteiger charge is -2.34. The molecule has 0 aromatic carbocycles. The van der Waals surface area contributed by atoms with Crippen LogP contribution in [0.3, 0.4) is 0 Å². The molecule has 0 aliphatic carbocycles. The zero-order valence-electron chi connectivity index (χ0n) is 12.0. The number of hydrogen-bond acceptors (Lipinski definition) is 3. The minimum Gasteiger partial charge on any atom is -0.393 e. The Morgan fingerprint density at radius 1 is 1.47 bits per heavy atom. The fourth-order valence-corrected chi connectivity index (χ4v) is 3.97. The van der Waals surface area contributed by atoms with Crippen LogP contribution in [0.15, 0.2) is 0 Å². The molecule has 1 saturated heterocycles. The van der Waals surface area contributed by atoms with Gasteiger partial charge in [0, 0.05) is 32.1 Å². The number of nitrogens with zero attached hydrogens (tertiary/aromatic N) is 2. The van der Waals surface area contributed by atoms with E-state index in [-0.39, 0.29) is 5.92 Å². The molecule has 5 nitrogen and oxygen atoms in total. The minimum atomic E-state index is -3.37. The average Bonchev–Trinajstić information content (AvgIpc) is 2.35. The van der Waals surface area contributed by atoms with Crippen LogP contribution in [-0.2, 0) is 10.2 Å². The minimum absolute atomic E-state index is 0.103. The van der Waals surface area contributed by atoms with Crippen LogP contribution in [0, 0.1) is 11.8 Å². The van der Waals surface area contributed by atoms with Crippen LogP contribution >= 0.6 is 12.2 Å². The Labute approximate surface area is 122 Å². The largest absolute Gasteiger partial charge is 0.393 e. The van der Waals surface area contributed by atoms with Crippen LogP contribution in [0.4, 0.5) is 0 Å². The maximum atomic E-state index is 12.5. The van der Waals surface area contributed by atoms with Crippen molar-refractivity contribution < 1.29 is 8.42 Å². The molecule has 0 radical (unpaired) electrons. The number of nitrogens with two attached hydrogens (primary N) is 1. The Morgan fingerprint density at radius 3 is 2.42 bits per heavy atom. The normalized spacial score (nSPS) is 20.6. The van der Waals surface area contributed by atoms with E-state index in [1.807, 2.05) is 13.8 Å². The van der Waals surface area contributed by atoms with Gasteiger partial charge in [0.05, 0.1) is 4.99 Å². The van der Waals surface area contributed by atoms with Crippen molar-refractivity contribution in [2.75, 3.05) is 26.2 Å². The third-order valence-corrected chi connectivity index (χ3v) is 6.19. The van der Waals surface area contributed by atoms with Crippen molar-refractivity contribution in [1.82, 2.24) is 8.61 Å². The first-order chi connectivity index (χ1) is 8.78. The zero-order chi connectivity index (χ0) is 14.6. The van der Waals surface area contributed by atoms with Gasteiger partial charge in [-0.05, 0) is 18.8 Å². The summed E-state index contributed by atoms with van der Waals surface area (Å²) in [4.78, 5) is 0.362. The highest BCUT2D eigenvalue weighted by Gasteiger charge is 2.32. The maximum Gasteiger partial charge on any atom is 0.281 e. The Morgan fingerprint density at radius 2 is 2.00 bits per heavy atom. The number of piperidine rings is 1. The fourth-order valence-electron chi connectivity index (χ4n) is 2.16. The molecule has 1 fully saturated rings. The van der Waals surface area contributed by atoms with Crippen molar-refractivity contribution in [2.45, 2.75) is 33.6 Å². The number of hydrogen-bond donors (Lipinski definition) is 1. The molecule has 1 unspecified atom stereocenters. The summed E-state index contributed by atoms with van der Waals surface area (Å²) in [7, 11) is -3.37. The predicted molar refractivity (Wildman–Crippen MR) is 82.1 cm³/mol. The molecule has 1 atom stereocenters. The molecule has 0 saturated carbocycles. The lowest BCUT2D eigenvalue weighted by atomic mass is 10.0. The van der Waals surface area contributed by atoms with Crippen molar-refractivity contribution in [2.24, 2.45) is 17.6 Å². The van der Waals surface area contributed by atoms with Crippen LogP contribution in [0.1, 0.15) is 33.6 Å². The summed E-state index contributed by atoms with van der Waals surface area (Å²) in [6.07, 6.45) is 1.86. The van der Waals surface area contributed by atoms with Gasteiger partial charge in [0.15, 0.2) is 0 Å². The summed E-state index contributed by atoms with van der Waals surface area (Å²) in [5.74, 6) is 0.505. The van der Waals surface area contributed by atoms with Gasteiger partial charge >= 0.3 is 0 Å². The van der Waals surface area contributed by atoms with Gasteiger partial charge in [-0.3, -0.25) is 0 Å². The van der Waals surface area contributed by atoms with Crippen molar-refractivity contribution in [3.8, 4) is 0 Å². The molecule has 0 spiro atoms. The molecular weight excluding hydrogens is 282 g/mol. The Balaban J connectivity index is 2.75. The smallest absolute Gasteiger partial charge is 0.281 e. The zero-order valence-corrected chi connectivity index (χ0v) is 13.6. The second-order valence-corrected chi connectivity index (χ2v) is 7.74. The average molecular weight is 307 g/mol. The van der Waals surface area contributed by atoms with Gasteiger partial charge in [-0.15, -0.1) is 0 Å². The molecule has 0 aromatic rings. The fraction of sp³-hybridized carbons (Fsp3) is 0.917.